The standard InChI is InChI=1S/C29H44N4O5/c1-6-19(20-11-9-8-10-12-20)17-25(35)32-23(18-29(3,4)5)27(37)33-22(15-16-24(34)30-7-2)26(36)28(38)31-21-13-14-21/h8-12,19,21-23H,6-7,13-18H2,1-5H3,(H,30,34)(H,31,38)(H,32,35)(H,33,37). The Morgan fingerprint density at radius 3 is 2.13 bits per heavy atom. The lowest BCUT2D eigenvalue weighted by atomic mass is 9.87. The smallest absolute Gasteiger partial charge is 0.289 e. The number of nitrogens with one attached hydrogen (secondary N) is 4. The summed E-state index contributed by atoms with van der Waals surface area (Å²) in [6.07, 6.45) is 2.91. The van der Waals surface area contributed by atoms with Gasteiger partial charge >= 0.3 is 0 Å². The Kier molecular flexibility index (Phi) is 11.9. The van der Waals surface area contributed by atoms with Gasteiger partial charge in [0, 0.05) is 25.4 Å². The molecule has 0 heterocycles. The summed E-state index contributed by atoms with van der Waals surface area (Å²) in [5.74, 6) is -2.62. The molecule has 0 aliphatic heterocycles. The van der Waals surface area contributed by atoms with Crippen LogP contribution in [0, 0.1) is 5.41 Å². The Morgan fingerprint density at radius 1 is 0.921 bits per heavy atom. The summed E-state index contributed by atoms with van der Waals surface area (Å²) >= 11 is 0. The van der Waals surface area contributed by atoms with Gasteiger partial charge in [0.15, 0.2) is 0 Å². The first-order chi connectivity index (χ1) is 17.9. The number of hydrogen-bond acceptors (Lipinski definition) is 5. The zero-order chi connectivity index (χ0) is 28.3. The molecule has 1 aromatic carbocycles. The highest BCUT2D eigenvalue weighted by atomic mass is 16.2. The minimum absolute atomic E-state index is 0.00655. The Balaban J connectivity index is 2.14. The van der Waals surface area contributed by atoms with E-state index in [1.165, 1.54) is 0 Å². The molecule has 0 aromatic heterocycles. The van der Waals surface area contributed by atoms with Crippen LogP contribution in [0.5, 0.6) is 0 Å². The molecule has 0 bridgehead atoms. The van der Waals surface area contributed by atoms with Crippen molar-refractivity contribution in [2.24, 2.45) is 5.41 Å². The second-order valence-corrected chi connectivity index (χ2v) is 11.3. The minimum Gasteiger partial charge on any atom is -0.356 e. The summed E-state index contributed by atoms with van der Waals surface area (Å²) in [5.41, 5.74) is 0.752. The zero-order valence-electron chi connectivity index (χ0n) is 23.4. The number of rotatable bonds is 15. The largest absolute Gasteiger partial charge is 0.356 e. The molecule has 1 fully saturated rings. The molecule has 1 saturated carbocycles. The van der Waals surface area contributed by atoms with E-state index in [2.05, 4.69) is 21.3 Å². The molecule has 0 saturated heterocycles. The summed E-state index contributed by atoms with van der Waals surface area (Å²) in [7, 11) is 0. The quantitative estimate of drug-likeness (QED) is 0.260. The number of amides is 4. The lowest BCUT2D eigenvalue weighted by molar-refractivity contribution is -0.141. The number of benzene rings is 1. The Labute approximate surface area is 226 Å². The van der Waals surface area contributed by atoms with Crippen molar-refractivity contribution in [1.29, 1.82) is 0 Å². The van der Waals surface area contributed by atoms with Gasteiger partial charge in [0.25, 0.3) is 5.91 Å². The molecule has 210 valence electrons. The first-order valence-corrected chi connectivity index (χ1v) is 13.7. The molecular weight excluding hydrogens is 484 g/mol. The van der Waals surface area contributed by atoms with Crippen molar-refractivity contribution < 1.29 is 24.0 Å². The molecule has 0 radical (unpaired) electrons. The normalized spacial score (nSPS) is 15.5. The summed E-state index contributed by atoms with van der Waals surface area (Å²) in [6.45, 7) is 10.1. The molecule has 2 rings (SSSR count). The van der Waals surface area contributed by atoms with Crippen LogP contribution in [0.25, 0.3) is 0 Å². The van der Waals surface area contributed by atoms with E-state index in [-0.39, 0.29) is 48.5 Å². The third kappa shape index (κ3) is 11.0. The van der Waals surface area contributed by atoms with E-state index in [1.807, 2.05) is 58.0 Å². The van der Waals surface area contributed by atoms with Gasteiger partial charge in [-0.15, -0.1) is 0 Å². The van der Waals surface area contributed by atoms with Crippen molar-refractivity contribution in [3.63, 3.8) is 0 Å². The maximum absolute atomic E-state index is 13.4. The van der Waals surface area contributed by atoms with Crippen LogP contribution in [-0.2, 0) is 24.0 Å². The fraction of sp³-hybridized carbons (Fsp3) is 0.621. The van der Waals surface area contributed by atoms with Crippen LogP contribution in [-0.4, -0.2) is 54.1 Å². The fourth-order valence-electron chi connectivity index (χ4n) is 4.27. The first-order valence-electron chi connectivity index (χ1n) is 13.7. The van der Waals surface area contributed by atoms with E-state index in [9.17, 15) is 24.0 Å². The molecule has 9 heteroatoms. The van der Waals surface area contributed by atoms with E-state index in [1.54, 1.807) is 6.92 Å². The van der Waals surface area contributed by atoms with Crippen molar-refractivity contribution in [1.82, 2.24) is 21.3 Å². The molecule has 1 aliphatic carbocycles. The van der Waals surface area contributed by atoms with Crippen LogP contribution in [0.4, 0.5) is 0 Å². The van der Waals surface area contributed by atoms with Crippen LogP contribution < -0.4 is 21.3 Å². The number of carbonyl (C=O) groups is 5. The minimum atomic E-state index is -1.17. The van der Waals surface area contributed by atoms with E-state index in [4.69, 9.17) is 0 Å². The van der Waals surface area contributed by atoms with Gasteiger partial charge in [-0.25, -0.2) is 0 Å². The van der Waals surface area contributed by atoms with Crippen LogP contribution in [0.1, 0.15) is 91.0 Å². The van der Waals surface area contributed by atoms with E-state index >= 15 is 0 Å². The molecule has 1 aliphatic rings. The highest BCUT2D eigenvalue weighted by molar-refractivity contribution is 6.38. The summed E-state index contributed by atoms with van der Waals surface area (Å²) in [5, 5.41) is 10.9. The van der Waals surface area contributed by atoms with Crippen LogP contribution in [0.3, 0.4) is 0 Å². The maximum Gasteiger partial charge on any atom is 0.289 e. The SMILES string of the molecule is CCNC(=O)CCC(NC(=O)C(CC(C)(C)C)NC(=O)CC(CC)c1ccccc1)C(=O)C(=O)NC1CC1. The van der Waals surface area contributed by atoms with Gasteiger partial charge in [0.1, 0.15) is 6.04 Å². The molecule has 3 unspecified atom stereocenters. The van der Waals surface area contributed by atoms with E-state index in [0.29, 0.717) is 13.0 Å². The van der Waals surface area contributed by atoms with Gasteiger partial charge in [-0.1, -0.05) is 58.0 Å². The van der Waals surface area contributed by atoms with Gasteiger partial charge in [0.2, 0.25) is 23.5 Å². The van der Waals surface area contributed by atoms with Gasteiger partial charge in [-0.2, -0.15) is 0 Å². The van der Waals surface area contributed by atoms with Crippen LogP contribution in [0.15, 0.2) is 30.3 Å². The number of carbonyl (C=O) groups excluding carboxylic acids is 5. The summed E-state index contributed by atoms with van der Waals surface area (Å²) in [6, 6.07) is 7.67. The summed E-state index contributed by atoms with van der Waals surface area (Å²) < 4.78 is 0. The van der Waals surface area contributed by atoms with Gasteiger partial charge in [-0.3, -0.25) is 24.0 Å². The van der Waals surface area contributed by atoms with Crippen molar-refractivity contribution >= 4 is 29.4 Å². The molecule has 1 aromatic rings. The second kappa shape index (κ2) is 14.6. The van der Waals surface area contributed by atoms with Crippen molar-refractivity contribution in [3.8, 4) is 0 Å². The monoisotopic (exact) mass is 528 g/mol. The number of ketones is 1. The predicted molar refractivity (Wildman–Crippen MR) is 146 cm³/mol. The Hall–Kier alpha value is -3.23. The topological polar surface area (TPSA) is 133 Å². The third-order valence-corrected chi connectivity index (χ3v) is 6.47. The zero-order valence-corrected chi connectivity index (χ0v) is 23.4. The first kappa shape index (κ1) is 31.0. The molecule has 9 nitrogen and oxygen atoms in total. The second-order valence-electron chi connectivity index (χ2n) is 11.3. The highest BCUT2D eigenvalue weighted by Crippen LogP contribution is 2.25. The predicted octanol–water partition coefficient (Wildman–Crippen LogP) is 2.74. The van der Waals surface area contributed by atoms with Gasteiger partial charge in [-0.05, 0) is 55.9 Å². The lowest BCUT2D eigenvalue weighted by Crippen LogP contribution is -2.55. The maximum atomic E-state index is 13.4. The molecular formula is C29H44N4O5. The number of Topliss-reactive ketones (excluding diaryl/α,β-unsaturated/α-hetero) is 1. The van der Waals surface area contributed by atoms with Crippen LogP contribution in [0.2, 0.25) is 0 Å². The van der Waals surface area contributed by atoms with Gasteiger partial charge in [0.05, 0.1) is 6.04 Å². The van der Waals surface area contributed by atoms with E-state index < -0.39 is 29.7 Å². The molecule has 0 spiro atoms. The molecule has 3 atom stereocenters. The summed E-state index contributed by atoms with van der Waals surface area (Å²) in [4.78, 5) is 63.9. The fourth-order valence-corrected chi connectivity index (χ4v) is 4.27. The average molecular weight is 529 g/mol. The molecule has 4 amide bonds. The molecule has 38 heavy (non-hydrogen) atoms. The third-order valence-electron chi connectivity index (χ3n) is 6.47. The van der Waals surface area contributed by atoms with Crippen molar-refractivity contribution in [2.75, 3.05) is 6.54 Å². The van der Waals surface area contributed by atoms with E-state index in [0.717, 1.165) is 24.8 Å². The Morgan fingerprint density at radius 2 is 1.58 bits per heavy atom. The highest BCUT2D eigenvalue weighted by Gasteiger charge is 2.34. The Bertz CT molecular complexity index is 969. The lowest BCUT2D eigenvalue weighted by Gasteiger charge is -2.28. The van der Waals surface area contributed by atoms with Crippen LogP contribution >= 0.6 is 0 Å². The number of hydrogen-bond donors (Lipinski definition) is 4. The average Bonchev–Trinajstić information content (AvgIpc) is 3.68. The van der Waals surface area contributed by atoms with Gasteiger partial charge < -0.3 is 21.3 Å². The van der Waals surface area contributed by atoms with Crippen molar-refractivity contribution in [3.05, 3.63) is 35.9 Å². The molecule has 4 N–H and O–H groups in total. The van der Waals surface area contributed by atoms with Crippen molar-refractivity contribution in [2.45, 2.75) is 104 Å².